The average molecular weight is 411 g/mol. The van der Waals surface area contributed by atoms with Crippen LogP contribution in [0.4, 0.5) is 0 Å². The van der Waals surface area contributed by atoms with Gasteiger partial charge in [-0.2, -0.15) is 11.8 Å². The Hall–Kier alpha value is -0.470. The van der Waals surface area contributed by atoms with Gasteiger partial charge < -0.3 is 4.74 Å². The minimum Gasteiger partial charge on any atom is -0.370 e. The predicted molar refractivity (Wildman–Crippen MR) is 122 cm³/mol. The van der Waals surface area contributed by atoms with Crippen molar-refractivity contribution in [1.29, 1.82) is 0 Å². The van der Waals surface area contributed by atoms with E-state index in [0.29, 0.717) is 10.8 Å². The van der Waals surface area contributed by atoms with Gasteiger partial charge in [-0.1, -0.05) is 44.2 Å². The highest BCUT2D eigenvalue weighted by Crippen LogP contribution is 2.71. The molecule has 1 nitrogen and oxygen atoms in total. The van der Waals surface area contributed by atoms with Crippen LogP contribution in [-0.4, -0.2) is 16.1 Å². The number of rotatable bonds is 3. The van der Waals surface area contributed by atoms with Crippen molar-refractivity contribution < 1.29 is 4.74 Å². The van der Waals surface area contributed by atoms with Gasteiger partial charge in [0.15, 0.2) is 0 Å². The second-order valence-corrected chi connectivity index (χ2v) is 13.3. The fourth-order valence-corrected chi connectivity index (χ4v) is 10.2. The Morgan fingerprint density at radius 2 is 1.72 bits per heavy atom. The van der Waals surface area contributed by atoms with E-state index in [2.05, 4.69) is 62.9 Å². The molecule has 1 heterocycles. The molecule has 0 N–H and O–H groups in total. The lowest BCUT2D eigenvalue weighted by Gasteiger charge is -2.61. The van der Waals surface area contributed by atoms with E-state index in [1.54, 1.807) is 0 Å². The van der Waals surface area contributed by atoms with Gasteiger partial charge in [-0.3, -0.25) is 0 Å². The smallest absolute Gasteiger partial charge is 0.0724 e. The van der Waals surface area contributed by atoms with Gasteiger partial charge in [0, 0.05) is 10.5 Å². The van der Waals surface area contributed by atoms with Gasteiger partial charge in [0.2, 0.25) is 0 Å². The lowest BCUT2D eigenvalue weighted by atomic mass is 9.44. The third-order valence-corrected chi connectivity index (χ3v) is 12.2. The summed E-state index contributed by atoms with van der Waals surface area (Å²) in [6.07, 6.45) is 11.6. The van der Waals surface area contributed by atoms with Crippen LogP contribution in [0.3, 0.4) is 0 Å². The SMILES string of the molecule is C[C@]12C[C@H]3S[C@H]3C[C@@H]1CC[C@@H]1[C@@H]2CC[C@@]2(C)[C@H]1CC[C@]2(C)OCc1ccccc1. The maximum absolute atomic E-state index is 6.78. The zero-order valence-electron chi connectivity index (χ0n) is 18.5. The Balaban J connectivity index is 1.23. The average Bonchev–Trinajstić information content (AvgIpc) is 3.41. The van der Waals surface area contributed by atoms with E-state index in [0.717, 1.165) is 40.8 Å². The molecule has 1 saturated heterocycles. The van der Waals surface area contributed by atoms with Crippen molar-refractivity contribution in [2.75, 3.05) is 0 Å². The second kappa shape index (κ2) is 6.52. The van der Waals surface area contributed by atoms with E-state index in [9.17, 15) is 0 Å². The normalized spacial score (nSPS) is 52.8. The van der Waals surface area contributed by atoms with Crippen molar-refractivity contribution in [2.24, 2.45) is 34.5 Å². The third kappa shape index (κ3) is 2.77. The van der Waals surface area contributed by atoms with Crippen LogP contribution in [0, 0.1) is 34.5 Å². The number of benzene rings is 1. The molecule has 2 heteroatoms. The molecule has 29 heavy (non-hydrogen) atoms. The molecule has 5 aliphatic rings. The van der Waals surface area contributed by atoms with E-state index in [-0.39, 0.29) is 5.60 Å². The number of fused-ring (bicyclic) bond motifs is 6. The standard InChI is InChI=1S/C27H38OS/c1-25-16-24-23(29-24)15-19(25)9-10-20-21(25)11-13-26(2)22(20)12-14-27(26,3)28-17-18-7-5-4-6-8-18/h4-8,19-24H,9-17H2,1-3H3/t19-,20+,21-,22-,23-,24+,25-,26-,27-/m0/s1. The molecular formula is C27H38OS. The van der Waals surface area contributed by atoms with Crippen molar-refractivity contribution in [3.63, 3.8) is 0 Å². The van der Waals surface area contributed by atoms with Crippen LogP contribution >= 0.6 is 11.8 Å². The Bertz CT molecular complexity index is 778. The summed E-state index contributed by atoms with van der Waals surface area (Å²) in [5, 5.41) is 2.06. The molecule has 1 aromatic rings. The van der Waals surface area contributed by atoms with E-state index < -0.39 is 0 Å². The van der Waals surface area contributed by atoms with Crippen LogP contribution in [0.25, 0.3) is 0 Å². The molecule has 0 bridgehead atoms. The number of hydrogen-bond acceptors (Lipinski definition) is 2. The number of thioether (sulfide) groups is 1. The Labute approximate surface area is 181 Å². The Morgan fingerprint density at radius 1 is 0.931 bits per heavy atom. The molecule has 1 aromatic carbocycles. The molecule has 9 atom stereocenters. The lowest BCUT2D eigenvalue weighted by molar-refractivity contribution is -0.169. The van der Waals surface area contributed by atoms with Crippen LogP contribution in [-0.2, 0) is 11.3 Å². The quantitative estimate of drug-likeness (QED) is 0.492. The summed E-state index contributed by atoms with van der Waals surface area (Å²) in [5.41, 5.74) is 2.36. The molecular weight excluding hydrogens is 372 g/mol. The van der Waals surface area contributed by atoms with Gasteiger partial charge in [0.25, 0.3) is 0 Å². The number of hydrogen-bond donors (Lipinski definition) is 0. The summed E-state index contributed by atoms with van der Waals surface area (Å²) >= 11 is 2.31. The van der Waals surface area contributed by atoms with Crippen molar-refractivity contribution in [1.82, 2.24) is 0 Å². The van der Waals surface area contributed by atoms with Crippen LogP contribution in [0.1, 0.15) is 77.7 Å². The van der Waals surface area contributed by atoms with Gasteiger partial charge in [-0.25, -0.2) is 0 Å². The minimum absolute atomic E-state index is 0.0419. The maximum Gasteiger partial charge on any atom is 0.0724 e. The predicted octanol–water partition coefficient (Wildman–Crippen LogP) is 7.10. The largest absolute Gasteiger partial charge is 0.370 e. The highest BCUT2D eigenvalue weighted by molar-refractivity contribution is 8.07. The molecule has 0 radical (unpaired) electrons. The second-order valence-electron chi connectivity index (χ2n) is 11.8. The van der Waals surface area contributed by atoms with E-state index in [4.69, 9.17) is 4.74 Å². The molecule has 0 aromatic heterocycles. The van der Waals surface area contributed by atoms with Gasteiger partial charge in [-0.15, -0.1) is 0 Å². The molecule has 4 saturated carbocycles. The zero-order chi connectivity index (χ0) is 19.9. The van der Waals surface area contributed by atoms with E-state index in [1.165, 1.54) is 56.9 Å². The highest BCUT2D eigenvalue weighted by atomic mass is 32.2. The molecule has 4 aliphatic carbocycles. The van der Waals surface area contributed by atoms with Gasteiger partial charge in [-0.05, 0) is 98.4 Å². The fourth-order valence-electron chi connectivity index (χ4n) is 8.80. The zero-order valence-corrected chi connectivity index (χ0v) is 19.3. The van der Waals surface area contributed by atoms with Gasteiger partial charge in [0.05, 0.1) is 12.2 Å². The van der Waals surface area contributed by atoms with Crippen LogP contribution in [0.15, 0.2) is 30.3 Å². The van der Waals surface area contributed by atoms with E-state index >= 15 is 0 Å². The first-order chi connectivity index (χ1) is 13.9. The lowest BCUT2D eigenvalue weighted by Crippen LogP contribution is -2.56. The number of ether oxygens (including phenoxy) is 1. The Kier molecular flexibility index (Phi) is 4.32. The van der Waals surface area contributed by atoms with Crippen molar-refractivity contribution in [3.05, 3.63) is 35.9 Å². The van der Waals surface area contributed by atoms with Crippen molar-refractivity contribution >= 4 is 11.8 Å². The van der Waals surface area contributed by atoms with Gasteiger partial charge >= 0.3 is 0 Å². The minimum atomic E-state index is 0.0419. The molecule has 1 aliphatic heterocycles. The first-order valence-electron chi connectivity index (χ1n) is 12.3. The summed E-state index contributed by atoms with van der Waals surface area (Å²) in [7, 11) is 0. The molecule has 0 spiro atoms. The summed E-state index contributed by atoms with van der Waals surface area (Å²) in [5.74, 6) is 3.84. The molecule has 0 unspecified atom stereocenters. The Morgan fingerprint density at radius 3 is 2.55 bits per heavy atom. The fraction of sp³-hybridized carbons (Fsp3) is 0.778. The first-order valence-corrected chi connectivity index (χ1v) is 13.2. The molecule has 6 rings (SSSR count). The monoisotopic (exact) mass is 410 g/mol. The van der Waals surface area contributed by atoms with E-state index in [1.807, 2.05) is 0 Å². The molecule has 5 fully saturated rings. The summed E-state index contributed by atoms with van der Waals surface area (Å²) in [4.78, 5) is 0. The summed E-state index contributed by atoms with van der Waals surface area (Å²) in [6.45, 7) is 8.55. The summed E-state index contributed by atoms with van der Waals surface area (Å²) < 4.78 is 6.78. The van der Waals surface area contributed by atoms with Crippen LogP contribution in [0.2, 0.25) is 0 Å². The molecule has 158 valence electrons. The van der Waals surface area contributed by atoms with Crippen molar-refractivity contribution in [2.45, 2.75) is 94.8 Å². The molecule has 0 amide bonds. The topological polar surface area (TPSA) is 9.23 Å². The van der Waals surface area contributed by atoms with Gasteiger partial charge in [0.1, 0.15) is 0 Å². The first kappa shape index (κ1) is 19.2. The third-order valence-electron chi connectivity index (χ3n) is 10.8. The summed E-state index contributed by atoms with van der Waals surface area (Å²) in [6, 6.07) is 10.8. The highest BCUT2D eigenvalue weighted by Gasteiger charge is 2.65. The maximum atomic E-state index is 6.78. The van der Waals surface area contributed by atoms with Crippen molar-refractivity contribution in [3.8, 4) is 0 Å². The van der Waals surface area contributed by atoms with Crippen LogP contribution in [0.5, 0.6) is 0 Å². The van der Waals surface area contributed by atoms with Crippen LogP contribution < -0.4 is 0 Å².